The first-order valence-corrected chi connectivity index (χ1v) is 8.10. The van der Waals surface area contributed by atoms with Gasteiger partial charge in [-0.25, -0.2) is 4.39 Å². The zero-order valence-corrected chi connectivity index (χ0v) is 14.5. The highest BCUT2D eigenvalue weighted by molar-refractivity contribution is 6.32. The minimum absolute atomic E-state index is 0.0972. The van der Waals surface area contributed by atoms with E-state index in [1.807, 2.05) is 0 Å². The Morgan fingerprint density at radius 3 is 2.96 bits per heavy atom. The molecule has 0 aliphatic carbocycles. The number of nitrogens with zero attached hydrogens (tertiary/aromatic N) is 2. The lowest BCUT2D eigenvalue weighted by molar-refractivity contribution is -0.143. The summed E-state index contributed by atoms with van der Waals surface area (Å²) in [5.41, 5.74) is 0. The summed E-state index contributed by atoms with van der Waals surface area (Å²) < 4.78 is 23.9. The fourth-order valence-corrected chi connectivity index (χ4v) is 2.74. The van der Waals surface area contributed by atoms with E-state index in [9.17, 15) is 14.0 Å². The summed E-state index contributed by atoms with van der Waals surface area (Å²) in [5.74, 6) is -1.40. The molecule has 0 radical (unpaired) electrons. The minimum Gasteiger partial charge on any atom is -0.482 e. The number of amides is 1. The molecule has 9 heteroatoms. The Kier molecular flexibility index (Phi) is 6.98. The standard InChI is InChI=1S/C16H20ClFN2O5/c1-19(9-16(22)23)7-12-8-20(4-5-24-12)15(21)10-25-14-3-2-11(18)6-13(14)17/h2-3,6,12H,4-5,7-10H2,1H3,(H,22,23)/t12-/m0/s1. The Bertz CT molecular complexity index is 631. The number of carboxylic acids is 1. The number of hydrogen-bond acceptors (Lipinski definition) is 5. The molecule has 0 spiro atoms. The van der Waals surface area contributed by atoms with E-state index in [2.05, 4.69) is 0 Å². The number of rotatable bonds is 7. The van der Waals surface area contributed by atoms with Crippen LogP contribution in [-0.4, -0.2) is 79.3 Å². The number of carbonyl (C=O) groups is 2. The Morgan fingerprint density at radius 1 is 1.52 bits per heavy atom. The third kappa shape index (κ3) is 6.15. The van der Waals surface area contributed by atoms with E-state index < -0.39 is 11.8 Å². The maximum absolute atomic E-state index is 13.0. The molecule has 1 atom stereocenters. The molecule has 1 amide bonds. The molecule has 25 heavy (non-hydrogen) atoms. The molecule has 7 nitrogen and oxygen atoms in total. The number of carboxylic acid groups (broad SMARTS) is 1. The molecule has 1 aromatic carbocycles. The summed E-state index contributed by atoms with van der Waals surface area (Å²) in [7, 11) is 1.68. The Hall–Kier alpha value is -1.90. The van der Waals surface area contributed by atoms with E-state index in [4.69, 9.17) is 26.2 Å². The lowest BCUT2D eigenvalue weighted by atomic mass is 10.2. The molecule has 138 valence electrons. The molecule has 1 heterocycles. The van der Waals surface area contributed by atoms with Crippen LogP contribution >= 0.6 is 11.6 Å². The van der Waals surface area contributed by atoms with Gasteiger partial charge in [0.1, 0.15) is 11.6 Å². The predicted molar refractivity (Wildman–Crippen MR) is 88.4 cm³/mol. The number of likely N-dealkylation sites (N-methyl/N-ethyl adjacent to an activating group) is 1. The lowest BCUT2D eigenvalue weighted by Crippen LogP contribution is -2.50. The Morgan fingerprint density at radius 2 is 2.28 bits per heavy atom. The van der Waals surface area contributed by atoms with Crippen molar-refractivity contribution in [2.24, 2.45) is 0 Å². The molecule has 1 saturated heterocycles. The third-order valence-electron chi connectivity index (χ3n) is 3.66. The summed E-state index contributed by atoms with van der Waals surface area (Å²) in [4.78, 5) is 26.2. The van der Waals surface area contributed by atoms with Gasteiger partial charge in [-0.2, -0.15) is 0 Å². The zero-order chi connectivity index (χ0) is 18.4. The normalized spacial score (nSPS) is 17.6. The Balaban J connectivity index is 1.83. The quantitative estimate of drug-likeness (QED) is 0.770. The molecular weight excluding hydrogens is 355 g/mol. The van der Waals surface area contributed by atoms with Crippen molar-refractivity contribution in [3.8, 4) is 5.75 Å². The number of carbonyl (C=O) groups excluding carboxylic acids is 1. The highest BCUT2D eigenvalue weighted by Crippen LogP contribution is 2.24. The summed E-state index contributed by atoms with van der Waals surface area (Å²) >= 11 is 5.86. The second-order valence-corrected chi connectivity index (χ2v) is 6.19. The second kappa shape index (κ2) is 8.98. The molecular formula is C16H20ClFN2O5. The van der Waals surface area contributed by atoms with Crippen molar-refractivity contribution in [3.05, 3.63) is 29.0 Å². The lowest BCUT2D eigenvalue weighted by Gasteiger charge is -2.34. The van der Waals surface area contributed by atoms with Crippen LogP contribution in [0.4, 0.5) is 4.39 Å². The van der Waals surface area contributed by atoms with E-state index in [1.54, 1.807) is 16.8 Å². The van der Waals surface area contributed by atoms with Gasteiger partial charge in [-0.1, -0.05) is 11.6 Å². The fourth-order valence-electron chi connectivity index (χ4n) is 2.52. The summed E-state index contributed by atoms with van der Waals surface area (Å²) in [6.07, 6.45) is -0.267. The van der Waals surface area contributed by atoms with E-state index >= 15 is 0 Å². The number of ether oxygens (including phenoxy) is 2. The molecule has 0 saturated carbocycles. The molecule has 1 fully saturated rings. The van der Waals surface area contributed by atoms with Crippen LogP contribution in [0.25, 0.3) is 0 Å². The molecule has 0 aromatic heterocycles. The van der Waals surface area contributed by atoms with E-state index in [0.717, 1.165) is 6.07 Å². The number of morpholine rings is 1. The van der Waals surface area contributed by atoms with Crippen molar-refractivity contribution in [2.75, 3.05) is 46.4 Å². The molecule has 1 N–H and O–H groups in total. The number of aliphatic carboxylic acids is 1. The van der Waals surface area contributed by atoms with Crippen molar-refractivity contribution in [1.82, 2.24) is 9.80 Å². The summed E-state index contributed by atoms with van der Waals surface area (Å²) in [6, 6.07) is 3.69. The highest BCUT2D eigenvalue weighted by atomic mass is 35.5. The smallest absolute Gasteiger partial charge is 0.317 e. The van der Waals surface area contributed by atoms with Gasteiger partial charge in [0.15, 0.2) is 6.61 Å². The minimum atomic E-state index is -0.921. The third-order valence-corrected chi connectivity index (χ3v) is 3.95. The van der Waals surface area contributed by atoms with Gasteiger partial charge in [0.05, 0.1) is 24.3 Å². The van der Waals surface area contributed by atoms with Gasteiger partial charge in [-0.15, -0.1) is 0 Å². The van der Waals surface area contributed by atoms with Crippen molar-refractivity contribution < 1.29 is 28.6 Å². The van der Waals surface area contributed by atoms with Crippen LogP contribution < -0.4 is 4.74 Å². The first kappa shape index (κ1) is 19.4. The van der Waals surface area contributed by atoms with Gasteiger partial charge in [0, 0.05) is 19.6 Å². The first-order valence-electron chi connectivity index (χ1n) is 7.72. The van der Waals surface area contributed by atoms with E-state index in [-0.39, 0.29) is 35.9 Å². The average molecular weight is 375 g/mol. The topological polar surface area (TPSA) is 79.3 Å². The fraction of sp³-hybridized carbons (Fsp3) is 0.500. The van der Waals surface area contributed by atoms with Crippen molar-refractivity contribution in [3.63, 3.8) is 0 Å². The predicted octanol–water partition coefficient (Wildman–Crippen LogP) is 1.10. The van der Waals surface area contributed by atoms with Crippen LogP contribution in [0.2, 0.25) is 5.02 Å². The van der Waals surface area contributed by atoms with Crippen LogP contribution in [0.5, 0.6) is 5.75 Å². The van der Waals surface area contributed by atoms with Crippen LogP contribution in [0.15, 0.2) is 18.2 Å². The van der Waals surface area contributed by atoms with Gasteiger partial charge in [-0.3, -0.25) is 14.5 Å². The summed E-state index contributed by atoms with van der Waals surface area (Å²) in [5, 5.41) is 8.87. The van der Waals surface area contributed by atoms with Gasteiger partial charge in [-0.05, 0) is 25.2 Å². The van der Waals surface area contributed by atoms with Gasteiger partial charge < -0.3 is 19.5 Å². The maximum Gasteiger partial charge on any atom is 0.317 e. The van der Waals surface area contributed by atoms with Crippen molar-refractivity contribution in [2.45, 2.75) is 6.10 Å². The molecule has 1 aromatic rings. The number of hydrogen-bond donors (Lipinski definition) is 1. The molecule has 0 unspecified atom stereocenters. The Labute approximate surface area is 149 Å². The van der Waals surface area contributed by atoms with Crippen LogP contribution in [0, 0.1) is 5.82 Å². The molecule has 1 aliphatic rings. The summed E-state index contributed by atoms with van der Waals surface area (Å²) in [6.45, 7) is 1.24. The highest BCUT2D eigenvalue weighted by Gasteiger charge is 2.26. The van der Waals surface area contributed by atoms with Crippen molar-refractivity contribution >= 4 is 23.5 Å². The zero-order valence-electron chi connectivity index (χ0n) is 13.8. The van der Waals surface area contributed by atoms with E-state index in [0.29, 0.717) is 26.2 Å². The number of benzene rings is 1. The van der Waals surface area contributed by atoms with Gasteiger partial charge in [0.25, 0.3) is 5.91 Å². The number of halogens is 2. The molecule has 2 rings (SSSR count). The molecule has 1 aliphatic heterocycles. The molecule has 0 bridgehead atoms. The average Bonchev–Trinajstić information content (AvgIpc) is 2.53. The second-order valence-electron chi connectivity index (χ2n) is 5.79. The van der Waals surface area contributed by atoms with Crippen LogP contribution in [0.3, 0.4) is 0 Å². The van der Waals surface area contributed by atoms with Crippen LogP contribution in [-0.2, 0) is 14.3 Å². The SMILES string of the molecule is CN(CC(=O)O)C[C@H]1CN(C(=O)COc2ccc(F)cc2Cl)CCO1. The van der Waals surface area contributed by atoms with Crippen molar-refractivity contribution in [1.29, 1.82) is 0 Å². The largest absolute Gasteiger partial charge is 0.482 e. The van der Waals surface area contributed by atoms with E-state index in [1.165, 1.54) is 12.1 Å². The monoisotopic (exact) mass is 374 g/mol. The van der Waals surface area contributed by atoms with Gasteiger partial charge >= 0.3 is 5.97 Å². The van der Waals surface area contributed by atoms with Crippen LogP contribution in [0.1, 0.15) is 0 Å². The maximum atomic E-state index is 13.0. The van der Waals surface area contributed by atoms with Gasteiger partial charge in [0.2, 0.25) is 0 Å². The first-order chi connectivity index (χ1) is 11.8.